The number of benzene rings is 1. The second kappa shape index (κ2) is 3.97. The minimum absolute atomic E-state index is 0.0318. The van der Waals surface area contributed by atoms with Crippen molar-refractivity contribution < 1.29 is 23.4 Å². The maximum absolute atomic E-state index is 12.4. The van der Waals surface area contributed by atoms with Gasteiger partial charge < -0.3 is 10.2 Å². The van der Waals surface area contributed by atoms with Gasteiger partial charge in [0.1, 0.15) is 5.75 Å². The number of hydrogen-bond acceptors (Lipinski definition) is 2. The van der Waals surface area contributed by atoms with Gasteiger partial charge >= 0.3 is 6.18 Å². The standard InChI is InChI=1S/C11H13F3O2/c1-5-4-8(10(16)11(12,13)14)6(2)7(3)9(5)15/h4,10,15-16H,1-3H3. The van der Waals surface area contributed by atoms with Crippen molar-refractivity contribution >= 4 is 0 Å². The van der Waals surface area contributed by atoms with E-state index in [1.54, 1.807) is 0 Å². The van der Waals surface area contributed by atoms with Crippen LogP contribution in [-0.2, 0) is 0 Å². The smallest absolute Gasteiger partial charge is 0.418 e. The molecule has 1 aromatic carbocycles. The first-order chi connectivity index (χ1) is 7.16. The Morgan fingerprint density at radius 1 is 1.12 bits per heavy atom. The van der Waals surface area contributed by atoms with Gasteiger partial charge in [0.2, 0.25) is 0 Å². The quantitative estimate of drug-likeness (QED) is 0.784. The maximum atomic E-state index is 12.4. The SMILES string of the molecule is Cc1cc(C(O)C(F)(F)F)c(C)c(C)c1O. The van der Waals surface area contributed by atoms with Crippen LogP contribution < -0.4 is 0 Å². The van der Waals surface area contributed by atoms with E-state index in [1.807, 2.05) is 0 Å². The Bertz CT molecular complexity index is 411. The summed E-state index contributed by atoms with van der Waals surface area (Å²) in [6.07, 6.45) is -7.20. The number of aliphatic hydroxyl groups is 1. The molecule has 0 aliphatic carbocycles. The molecule has 1 rings (SSSR count). The number of hydrogen-bond donors (Lipinski definition) is 2. The van der Waals surface area contributed by atoms with Crippen molar-refractivity contribution in [1.82, 2.24) is 0 Å². The Kier molecular flexibility index (Phi) is 3.19. The molecule has 1 unspecified atom stereocenters. The normalized spacial score (nSPS) is 13.9. The van der Waals surface area contributed by atoms with Gasteiger partial charge in [0.15, 0.2) is 6.10 Å². The summed E-state index contributed by atoms with van der Waals surface area (Å²) in [6.45, 7) is 4.46. The first-order valence-electron chi connectivity index (χ1n) is 4.70. The van der Waals surface area contributed by atoms with E-state index in [9.17, 15) is 23.4 Å². The summed E-state index contributed by atoms with van der Waals surface area (Å²) in [5.74, 6) is -0.0318. The predicted molar refractivity (Wildman–Crippen MR) is 53.3 cm³/mol. The molecule has 0 spiro atoms. The zero-order valence-corrected chi connectivity index (χ0v) is 9.18. The topological polar surface area (TPSA) is 40.5 Å². The highest BCUT2D eigenvalue weighted by molar-refractivity contribution is 5.49. The van der Waals surface area contributed by atoms with Gasteiger partial charge in [0, 0.05) is 0 Å². The zero-order chi connectivity index (χ0) is 12.7. The lowest BCUT2D eigenvalue weighted by atomic mass is 9.95. The van der Waals surface area contributed by atoms with Crippen LogP contribution in [0.4, 0.5) is 13.2 Å². The maximum Gasteiger partial charge on any atom is 0.418 e. The highest BCUT2D eigenvalue weighted by Crippen LogP contribution is 2.37. The van der Waals surface area contributed by atoms with E-state index < -0.39 is 12.3 Å². The molecule has 0 amide bonds. The molecule has 0 bridgehead atoms. The molecular formula is C11H13F3O2. The Morgan fingerprint density at radius 2 is 1.62 bits per heavy atom. The predicted octanol–water partition coefficient (Wildman–Crippen LogP) is 2.91. The molecule has 0 radical (unpaired) electrons. The molecule has 2 nitrogen and oxygen atoms in total. The van der Waals surface area contributed by atoms with Crippen LogP contribution in [0.15, 0.2) is 6.07 Å². The zero-order valence-electron chi connectivity index (χ0n) is 9.18. The minimum atomic E-state index is -4.69. The summed E-state index contributed by atoms with van der Waals surface area (Å²) in [7, 11) is 0. The average Bonchev–Trinajstić information content (AvgIpc) is 2.18. The second-order valence-corrected chi connectivity index (χ2v) is 3.83. The number of aliphatic hydroxyl groups excluding tert-OH is 1. The molecule has 0 aliphatic rings. The van der Waals surface area contributed by atoms with E-state index in [0.717, 1.165) is 6.07 Å². The summed E-state index contributed by atoms with van der Waals surface area (Å²) in [5.41, 5.74) is 0.730. The molecule has 0 fully saturated rings. The van der Waals surface area contributed by atoms with Crippen LogP contribution in [0.2, 0.25) is 0 Å². The van der Waals surface area contributed by atoms with Crippen LogP contribution in [-0.4, -0.2) is 16.4 Å². The van der Waals surface area contributed by atoms with Crippen LogP contribution in [0, 0.1) is 20.8 Å². The number of phenols is 1. The third kappa shape index (κ3) is 2.14. The first-order valence-corrected chi connectivity index (χ1v) is 4.70. The number of aryl methyl sites for hydroxylation is 1. The Hall–Kier alpha value is -1.23. The largest absolute Gasteiger partial charge is 0.507 e. The van der Waals surface area contributed by atoms with Gasteiger partial charge in [-0.05, 0) is 49.1 Å². The van der Waals surface area contributed by atoms with Crippen molar-refractivity contribution in [2.45, 2.75) is 33.1 Å². The Labute approximate surface area is 91.3 Å². The highest BCUT2D eigenvalue weighted by Gasteiger charge is 2.40. The molecule has 5 heteroatoms. The van der Waals surface area contributed by atoms with Gasteiger partial charge in [-0.1, -0.05) is 0 Å². The lowest BCUT2D eigenvalue weighted by molar-refractivity contribution is -0.207. The van der Waals surface area contributed by atoms with Gasteiger partial charge in [-0.3, -0.25) is 0 Å². The molecule has 0 heterocycles. The fourth-order valence-corrected chi connectivity index (χ4v) is 1.56. The molecule has 0 saturated carbocycles. The average molecular weight is 234 g/mol. The van der Waals surface area contributed by atoms with Crippen LogP contribution >= 0.6 is 0 Å². The summed E-state index contributed by atoms with van der Waals surface area (Å²) in [4.78, 5) is 0. The molecule has 2 N–H and O–H groups in total. The van der Waals surface area contributed by atoms with Gasteiger partial charge in [0.25, 0.3) is 0 Å². The Morgan fingerprint density at radius 3 is 2.06 bits per heavy atom. The molecular weight excluding hydrogens is 221 g/mol. The lowest BCUT2D eigenvalue weighted by Gasteiger charge is -2.19. The summed E-state index contributed by atoms with van der Waals surface area (Å²) >= 11 is 0. The minimum Gasteiger partial charge on any atom is -0.507 e. The van der Waals surface area contributed by atoms with Crippen molar-refractivity contribution in [2.75, 3.05) is 0 Å². The highest BCUT2D eigenvalue weighted by atomic mass is 19.4. The molecule has 0 aromatic heterocycles. The molecule has 1 aromatic rings. The molecule has 1 atom stereocenters. The number of alkyl halides is 3. The van der Waals surface area contributed by atoms with Crippen LogP contribution in [0.1, 0.15) is 28.4 Å². The van der Waals surface area contributed by atoms with Crippen LogP contribution in [0.25, 0.3) is 0 Å². The number of aromatic hydroxyl groups is 1. The number of halogens is 3. The third-order valence-corrected chi connectivity index (χ3v) is 2.70. The van der Waals surface area contributed by atoms with Crippen LogP contribution in [0.5, 0.6) is 5.75 Å². The van der Waals surface area contributed by atoms with E-state index in [1.165, 1.54) is 20.8 Å². The van der Waals surface area contributed by atoms with Crippen molar-refractivity contribution in [3.63, 3.8) is 0 Å². The van der Waals surface area contributed by atoms with Gasteiger partial charge in [-0.2, -0.15) is 13.2 Å². The van der Waals surface area contributed by atoms with Gasteiger partial charge in [0.05, 0.1) is 0 Å². The first kappa shape index (κ1) is 12.8. The summed E-state index contributed by atoms with van der Waals surface area (Å²) < 4.78 is 37.1. The Balaban J connectivity index is 3.36. The van der Waals surface area contributed by atoms with E-state index in [4.69, 9.17) is 0 Å². The summed E-state index contributed by atoms with van der Waals surface area (Å²) in [6, 6.07) is 1.16. The fraction of sp³-hybridized carbons (Fsp3) is 0.455. The van der Waals surface area contributed by atoms with Crippen molar-refractivity contribution in [1.29, 1.82) is 0 Å². The van der Waals surface area contributed by atoms with E-state index in [2.05, 4.69) is 0 Å². The number of rotatable bonds is 1. The lowest BCUT2D eigenvalue weighted by Crippen LogP contribution is -2.21. The third-order valence-electron chi connectivity index (χ3n) is 2.70. The molecule has 0 aliphatic heterocycles. The fourth-order valence-electron chi connectivity index (χ4n) is 1.56. The molecule has 90 valence electrons. The van der Waals surface area contributed by atoms with Gasteiger partial charge in [-0.15, -0.1) is 0 Å². The number of phenolic OH excluding ortho intramolecular Hbond substituents is 1. The molecule has 0 saturated heterocycles. The molecule has 16 heavy (non-hydrogen) atoms. The van der Waals surface area contributed by atoms with Gasteiger partial charge in [-0.25, -0.2) is 0 Å². The monoisotopic (exact) mass is 234 g/mol. The van der Waals surface area contributed by atoms with Crippen molar-refractivity contribution in [2.24, 2.45) is 0 Å². The van der Waals surface area contributed by atoms with Crippen molar-refractivity contribution in [3.8, 4) is 5.75 Å². The second-order valence-electron chi connectivity index (χ2n) is 3.83. The van der Waals surface area contributed by atoms with Crippen molar-refractivity contribution in [3.05, 3.63) is 28.3 Å². The van der Waals surface area contributed by atoms with E-state index >= 15 is 0 Å². The van der Waals surface area contributed by atoms with E-state index in [0.29, 0.717) is 11.1 Å². The summed E-state index contributed by atoms with van der Waals surface area (Å²) in [5, 5.41) is 18.7. The van der Waals surface area contributed by atoms with E-state index in [-0.39, 0.29) is 16.9 Å². The van der Waals surface area contributed by atoms with Crippen LogP contribution in [0.3, 0.4) is 0 Å².